The van der Waals surface area contributed by atoms with Crippen LogP contribution in [-0.2, 0) is 0 Å². The van der Waals surface area contributed by atoms with Crippen LogP contribution >= 0.6 is 0 Å². The fourth-order valence-corrected chi connectivity index (χ4v) is 2.79. The lowest BCUT2D eigenvalue weighted by atomic mass is 10.0. The van der Waals surface area contributed by atoms with Crippen LogP contribution in [0.25, 0.3) is 0 Å². The molecule has 3 heteroatoms. The van der Waals surface area contributed by atoms with Gasteiger partial charge in [-0.3, -0.25) is 0 Å². The van der Waals surface area contributed by atoms with E-state index in [0.717, 1.165) is 18.8 Å². The highest BCUT2D eigenvalue weighted by molar-refractivity contribution is 5.61. The highest BCUT2D eigenvalue weighted by Gasteiger charge is 2.21. The Morgan fingerprint density at radius 2 is 1.81 bits per heavy atom. The molecular formula is C18H32N2O. The summed E-state index contributed by atoms with van der Waals surface area (Å²) in [5, 5.41) is 3.52. The van der Waals surface area contributed by atoms with Gasteiger partial charge in [0.25, 0.3) is 0 Å². The predicted octanol–water partition coefficient (Wildman–Crippen LogP) is 4.24. The van der Waals surface area contributed by atoms with E-state index in [-0.39, 0.29) is 6.04 Å². The Morgan fingerprint density at radius 3 is 2.29 bits per heavy atom. The Bertz CT molecular complexity index is 429. The van der Waals surface area contributed by atoms with Crippen LogP contribution in [-0.4, -0.2) is 26.2 Å². The van der Waals surface area contributed by atoms with E-state index in [1.54, 1.807) is 7.11 Å². The number of nitrogens with zero attached hydrogens (tertiary/aromatic N) is 1. The molecule has 0 bridgehead atoms. The monoisotopic (exact) mass is 292 g/mol. The summed E-state index contributed by atoms with van der Waals surface area (Å²) in [5.74, 6) is 1.59. The number of benzene rings is 1. The van der Waals surface area contributed by atoms with Gasteiger partial charge in [0.2, 0.25) is 0 Å². The second-order valence-electron chi connectivity index (χ2n) is 6.31. The van der Waals surface area contributed by atoms with E-state index in [9.17, 15) is 0 Å². The summed E-state index contributed by atoms with van der Waals surface area (Å²) in [5.41, 5.74) is 2.54. The van der Waals surface area contributed by atoms with E-state index < -0.39 is 0 Å². The zero-order valence-electron chi connectivity index (χ0n) is 14.7. The number of rotatable bonds is 8. The van der Waals surface area contributed by atoms with Crippen LogP contribution in [0.5, 0.6) is 5.75 Å². The van der Waals surface area contributed by atoms with Crippen LogP contribution in [0.4, 0.5) is 5.69 Å². The minimum Gasteiger partial charge on any atom is -0.496 e. The fraction of sp³-hybridized carbons (Fsp3) is 0.667. The lowest BCUT2D eigenvalue weighted by Gasteiger charge is -2.34. The largest absolute Gasteiger partial charge is 0.496 e. The third-order valence-electron chi connectivity index (χ3n) is 3.70. The molecule has 120 valence electrons. The van der Waals surface area contributed by atoms with Crippen molar-refractivity contribution in [2.45, 2.75) is 53.6 Å². The average molecular weight is 292 g/mol. The maximum absolute atomic E-state index is 5.62. The zero-order chi connectivity index (χ0) is 16.0. The number of anilines is 1. The van der Waals surface area contributed by atoms with Gasteiger partial charge in [0.1, 0.15) is 5.75 Å². The maximum Gasteiger partial charge on any atom is 0.125 e. The van der Waals surface area contributed by atoms with Crippen molar-refractivity contribution in [1.82, 2.24) is 5.32 Å². The molecule has 1 unspecified atom stereocenters. The maximum atomic E-state index is 5.62. The summed E-state index contributed by atoms with van der Waals surface area (Å²) in [7, 11) is 1.75. The molecule has 1 rings (SSSR count). The Hall–Kier alpha value is -1.22. The molecule has 0 amide bonds. The van der Waals surface area contributed by atoms with Crippen molar-refractivity contribution < 1.29 is 4.74 Å². The van der Waals surface area contributed by atoms with Crippen LogP contribution < -0.4 is 15.0 Å². The van der Waals surface area contributed by atoms with Gasteiger partial charge in [0, 0.05) is 29.9 Å². The third kappa shape index (κ3) is 4.63. The number of methoxy groups -OCH3 is 1. The highest BCUT2D eigenvalue weighted by Crippen LogP contribution is 2.35. The van der Waals surface area contributed by atoms with Gasteiger partial charge >= 0.3 is 0 Å². The van der Waals surface area contributed by atoms with Gasteiger partial charge in [0.15, 0.2) is 0 Å². The molecule has 1 aromatic carbocycles. The molecule has 0 fully saturated rings. The zero-order valence-corrected chi connectivity index (χ0v) is 14.7. The normalized spacial score (nSPS) is 12.8. The van der Waals surface area contributed by atoms with E-state index in [1.807, 2.05) is 0 Å². The van der Waals surface area contributed by atoms with E-state index in [1.165, 1.54) is 11.3 Å². The molecule has 1 aromatic rings. The van der Waals surface area contributed by atoms with Crippen LogP contribution in [0.3, 0.4) is 0 Å². The van der Waals surface area contributed by atoms with Gasteiger partial charge in [0.05, 0.1) is 7.11 Å². The first-order valence-corrected chi connectivity index (χ1v) is 8.09. The van der Waals surface area contributed by atoms with Crippen molar-refractivity contribution in [1.29, 1.82) is 0 Å². The molecular weight excluding hydrogens is 260 g/mol. The standard InChI is InChI=1S/C18H32N2O/c1-8-19-15(6)18-16(10-9-11-17(18)21-7)20(14(4)5)12-13(2)3/h9-11,13-15,19H,8,12H2,1-7H3. The number of nitrogens with one attached hydrogen (secondary N) is 1. The minimum absolute atomic E-state index is 0.273. The van der Waals surface area contributed by atoms with E-state index >= 15 is 0 Å². The van der Waals surface area contributed by atoms with Crippen molar-refractivity contribution in [2.75, 3.05) is 25.1 Å². The van der Waals surface area contributed by atoms with Gasteiger partial charge < -0.3 is 15.0 Å². The van der Waals surface area contributed by atoms with Gasteiger partial charge in [-0.1, -0.05) is 26.8 Å². The van der Waals surface area contributed by atoms with Gasteiger partial charge in [-0.15, -0.1) is 0 Å². The summed E-state index contributed by atoms with van der Waals surface area (Å²) in [6.07, 6.45) is 0. The van der Waals surface area contributed by atoms with Crippen molar-refractivity contribution in [3.8, 4) is 5.75 Å². The Morgan fingerprint density at radius 1 is 1.14 bits per heavy atom. The minimum atomic E-state index is 0.273. The van der Waals surface area contributed by atoms with Crippen LogP contribution in [0.15, 0.2) is 18.2 Å². The Kier molecular flexibility index (Phi) is 7.03. The van der Waals surface area contributed by atoms with Crippen molar-refractivity contribution in [3.63, 3.8) is 0 Å². The molecule has 0 aliphatic rings. The molecule has 21 heavy (non-hydrogen) atoms. The molecule has 0 spiro atoms. The van der Waals surface area contributed by atoms with Gasteiger partial charge in [-0.05, 0) is 45.4 Å². The number of ether oxygens (including phenoxy) is 1. The number of hydrogen-bond acceptors (Lipinski definition) is 3. The van der Waals surface area contributed by atoms with E-state index in [0.29, 0.717) is 12.0 Å². The summed E-state index contributed by atoms with van der Waals surface area (Å²) in [4.78, 5) is 2.48. The Balaban J connectivity index is 3.31. The first kappa shape index (κ1) is 17.8. The highest BCUT2D eigenvalue weighted by atomic mass is 16.5. The van der Waals surface area contributed by atoms with Crippen molar-refractivity contribution in [3.05, 3.63) is 23.8 Å². The quantitative estimate of drug-likeness (QED) is 0.775. The smallest absolute Gasteiger partial charge is 0.125 e. The summed E-state index contributed by atoms with van der Waals surface area (Å²) >= 11 is 0. The third-order valence-corrected chi connectivity index (χ3v) is 3.70. The number of hydrogen-bond donors (Lipinski definition) is 1. The molecule has 0 radical (unpaired) electrons. The van der Waals surface area contributed by atoms with Crippen LogP contribution in [0.2, 0.25) is 0 Å². The summed E-state index contributed by atoms with van der Waals surface area (Å²) in [6.45, 7) is 15.4. The van der Waals surface area contributed by atoms with E-state index in [2.05, 4.69) is 70.0 Å². The molecule has 0 aliphatic heterocycles. The lowest BCUT2D eigenvalue weighted by Crippen LogP contribution is -2.35. The Labute approximate surface area is 130 Å². The first-order chi connectivity index (χ1) is 9.92. The van der Waals surface area contributed by atoms with Crippen molar-refractivity contribution in [2.24, 2.45) is 5.92 Å². The van der Waals surface area contributed by atoms with Gasteiger partial charge in [-0.2, -0.15) is 0 Å². The summed E-state index contributed by atoms with van der Waals surface area (Å²) in [6, 6.07) is 7.10. The summed E-state index contributed by atoms with van der Waals surface area (Å²) < 4.78 is 5.62. The fourth-order valence-electron chi connectivity index (χ4n) is 2.79. The van der Waals surface area contributed by atoms with Crippen molar-refractivity contribution >= 4 is 5.69 Å². The molecule has 0 aromatic heterocycles. The molecule has 3 nitrogen and oxygen atoms in total. The predicted molar refractivity (Wildman–Crippen MR) is 92.4 cm³/mol. The molecule has 0 saturated heterocycles. The average Bonchev–Trinajstić information content (AvgIpc) is 2.43. The molecule has 1 N–H and O–H groups in total. The molecule has 0 heterocycles. The second kappa shape index (κ2) is 8.28. The van der Waals surface area contributed by atoms with Gasteiger partial charge in [-0.25, -0.2) is 0 Å². The SMILES string of the molecule is CCNC(C)c1c(OC)cccc1N(CC(C)C)C(C)C. The van der Waals surface area contributed by atoms with Crippen LogP contribution in [0, 0.1) is 5.92 Å². The van der Waals surface area contributed by atoms with Crippen LogP contribution in [0.1, 0.15) is 53.1 Å². The first-order valence-electron chi connectivity index (χ1n) is 8.09. The topological polar surface area (TPSA) is 24.5 Å². The van der Waals surface area contributed by atoms with E-state index in [4.69, 9.17) is 4.74 Å². The second-order valence-corrected chi connectivity index (χ2v) is 6.31. The molecule has 0 aliphatic carbocycles. The molecule has 0 saturated carbocycles. The lowest BCUT2D eigenvalue weighted by molar-refractivity contribution is 0.402. The molecule has 1 atom stereocenters.